The SMILES string of the molecule is Cc1noc(CNC(C)CC(C)(C)c2ccccc2)n1. The highest BCUT2D eigenvalue weighted by molar-refractivity contribution is 5.23. The lowest BCUT2D eigenvalue weighted by atomic mass is 9.79. The van der Waals surface area contributed by atoms with Gasteiger partial charge in [0.25, 0.3) is 0 Å². The van der Waals surface area contributed by atoms with E-state index in [0.717, 1.165) is 6.42 Å². The minimum atomic E-state index is 0.137. The Hall–Kier alpha value is -1.68. The van der Waals surface area contributed by atoms with Gasteiger partial charge in [0.15, 0.2) is 5.82 Å². The van der Waals surface area contributed by atoms with E-state index in [2.05, 4.69) is 66.6 Å². The maximum atomic E-state index is 5.11. The molecule has 1 unspecified atom stereocenters. The van der Waals surface area contributed by atoms with E-state index in [1.54, 1.807) is 0 Å². The molecule has 0 spiro atoms. The van der Waals surface area contributed by atoms with E-state index in [1.165, 1.54) is 5.56 Å². The van der Waals surface area contributed by atoms with Crippen LogP contribution in [0.15, 0.2) is 34.9 Å². The van der Waals surface area contributed by atoms with E-state index in [1.807, 2.05) is 6.92 Å². The average Bonchev–Trinajstić information content (AvgIpc) is 2.83. The standard InChI is InChI=1S/C16H23N3O/c1-12(17-11-15-18-13(2)19-20-15)10-16(3,4)14-8-6-5-7-9-14/h5-9,12,17H,10-11H2,1-4H3. The number of nitrogens with one attached hydrogen (secondary N) is 1. The third-order valence-electron chi connectivity index (χ3n) is 3.54. The highest BCUT2D eigenvalue weighted by Gasteiger charge is 2.23. The van der Waals surface area contributed by atoms with Crippen molar-refractivity contribution >= 4 is 0 Å². The number of aryl methyl sites for hydroxylation is 1. The Morgan fingerprint density at radius 1 is 1.25 bits per heavy atom. The molecule has 4 heteroatoms. The van der Waals surface area contributed by atoms with E-state index in [4.69, 9.17) is 4.52 Å². The Bertz CT molecular complexity index is 534. The number of aromatic nitrogens is 2. The predicted octanol–water partition coefficient (Wildman–Crippen LogP) is 3.22. The van der Waals surface area contributed by atoms with Gasteiger partial charge in [-0.1, -0.05) is 49.3 Å². The summed E-state index contributed by atoms with van der Waals surface area (Å²) in [5, 5.41) is 7.23. The summed E-state index contributed by atoms with van der Waals surface area (Å²) in [5.74, 6) is 1.32. The molecule has 0 amide bonds. The first-order valence-corrected chi connectivity index (χ1v) is 7.05. The molecular weight excluding hydrogens is 250 g/mol. The third kappa shape index (κ3) is 3.90. The van der Waals surface area contributed by atoms with Crippen LogP contribution >= 0.6 is 0 Å². The summed E-state index contributed by atoms with van der Waals surface area (Å²) >= 11 is 0. The Balaban J connectivity index is 1.89. The number of benzene rings is 1. The Morgan fingerprint density at radius 3 is 2.55 bits per heavy atom. The molecule has 20 heavy (non-hydrogen) atoms. The first kappa shape index (κ1) is 14.7. The van der Waals surface area contributed by atoms with Gasteiger partial charge in [-0.25, -0.2) is 0 Å². The number of rotatable bonds is 6. The van der Waals surface area contributed by atoms with Crippen LogP contribution in [-0.4, -0.2) is 16.2 Å². The summed E-state index contributed by atoms with van der Waals surface area (Å²) < 4.78 is 5.11. The molecule has 0 saturated heterocycles. The fourth-order valence-corrected chi connectivity index (χ4v) is 2.52. The maximum absolute atomic E-state index is 5.11. The molecule has 1 atom stereocenters. The van der Waals surface area contributed by atoms with Crippen molar-refractivity contribution in [3.8, 4) is 0 Å². The van der Waals surface area contributed by atoms with Crippen LogP contribution in [0.1, 0.15) is 44.5 Å². The zero-order valence-electron chi connectivity index (χ0n) is 12.7. The van der Waals surface area contributed by atoms with Crippen molar-refractivity contribution in [1.29, 1.82) is 0 Å². The molecule has 0 aliphatic carbocycles. The minimum Gasteiger partial charge on any atom is -0.338 e. The molecule has 1 aromatic heterocycles. The van der Waals surface area contributed by atoms with Crippen molar-refractivity contribution in [2.24, 2.45) is 0 Å². The van der Waals surface area contributed by atoms with Crippen LogP contribution in [-0.2, 0) is 12.0 Å². The van der Waals surface area contributed by atoms with E-state index in [9.17, 15) is 0 Å². The molecule has 1 heterocycles. The van der Waals surface area contributed by atoms with Gasteiger partial charge in [0, 0.05) is 6.04 Å². The summed E-state index contributed by atoms with van der Waals surface area (Å²) in [5.41, 5.74) is 1.50. The minimum absolute atomic E-state index is 0.137. The van der Waals surface area contributed by atoms with E-state index >= 15 is 0 Å². The highest BCUT2D eigenvalue weighted by Crippen LogP contribution is 2.28. The largest absolute Gasteiger partial charge is 0.338 e. The number of hydrogen-bond donors (Lipinski definition) is 1. The average molecular weight is 273 g/mol. The van der Waals surface area contributed by atoms with Crippen LogP contribution in [0.25, 0.3) is 0 Å². The summed E-state index contributed by atoms with van der Waals surface area (Å²) in [6.07, 6.45) is 1.05. The molecule has 4 nitrogen and oxygen atoms in total. The van der Waals surface area contributed by atoms with Gasteiger partial charge in [0.1, 0.15) is 0 Å². The van der Waals surface area contributed by atoms with Gasteiger partial charge >= 0.3 is 0 Å². The fraction of sp³-hybridized carbons (Fsp3) is 0.500. The smallest absolute Gasteiger partial charge is 0.240 e. The summed E-state index contributed by atoms with van der Waals surface area (Å²) in [4.78, 5) is 4.20. The molecule has 0 fully saturated rings. The highest BCUT2D eigenvalue weighted by atomic mass is 16.5. The molecule has 1 N–H and O–H groups in total. The molecule has 0 radical (unpaired) electrons. The summed E-state index contributed by atoms with van der Waals surface area (Å²) in [7, 11) is 0. The Kier molecular flexibility index (Phi) is 4.55. The first-order chi connectivity index (χ1) is 9.47. The summed E-state index contributed by atoms with van der Waals surface area (Å²) in [6.45, 7) is 9.18. The van der Waals surface area contributed by atoms with Gasteiger partial charge in [0.2, 0.25) is 5.89 Å². The van der Waals surface area contributed by atoms with Crippen LogP contribution in [0, 0.1) is 6.92 Å². The van der Waals surface area contributed by atoms with Gasteiger partial charge in [0.05, 0.1) is 6.54 Å². The zero-order valence-corrected chi connectivity index (χ0v) is 12.7. The van der Waals surface area contributed by atoms with Crippen LogP contribution in [0.4, 0.5) is 0 Å². The van der Waals surface area contributed by atoms with E-state index < -0.39 is 0 Å². The van der Waals surface area contributed by atoms with Crippen molar-refractivity contribution in [2.75, 3.05) is 0 Å². The molecule has 0 bridgehead atoms. The Morgan fingerprint density at radius 2 is 1.95 bits per heavy atom. The lowest BCUT2D eigenvalue weighted by Gasteiger charge is -2.29. The molecule has 108 valence electrons. The van der Waals surface area contributed by atoms with E-state index in [-0.39, 0.29) is 5.41 Å². The van der Waals surface area contributed by atoms with Gasteiger partial charge in [-0.2, -0.15) is 4.98 Å². The van der Waals surface area contributed by atoms with Crippen molar-refractivity contribution in [3.63, 3.8) is 0 Å². The topological polar surface area (TPSA) is 51.0 Å². The van der Waals surface area contributed by atoms with Crippen LogP contribution in [0.5, 0.6) is 0 Å². The first-order valence-electron chi connectivity index (χ1n) is 7.05. The molecule has 2 aromatic rings. The van der Waals surface area contributed by atoms with Gasteiger partial charge in [-0.3, -0.25) is 0 Å². The zero-order chi connectivity index (χ0) is 14.6. The number of nitrogens with zero attached hydrogens (tertiary/aromatic N) is 2. The molecular formula is C16H23N3O. The number of hydrogen-bond acceptors (Lipinski definition) is 4. The lowest BCUT2D eigenvalue weighted by molar-refractivity contribution is 0.337. The monoisotopic (exact) mass is 273 g/mol. The molecule has 2 rings (SSSR count). The second-order valence-corrected chi connectivity index (χ2v) is 5.97. The predicted molar refractivity (Wildman–Crippen MR) is 79.4 cm³/mol. The maximum Gasteiger partial charge on any atom is 0.240 e. The Labute approximate surface area is 120 Å². The molecule has 0 aliphatic heterocycles. The third-order valence-corrected chi connectivity index (χ3v) is 3.54. The van der Waals surface area contributed by atoms with Gasteiger partial charge in [-0.05, 0) is 31.2 Å². The van der Waals surface area contributed by atoms with Gasteiger partial charge in [-0.15, -0.1) is 0 Å². The van der Waals surface area contributed by atoms with Crippen LogP contribution in [0.3, 0.4) is 0 Å². The van der Waals surface area contributed by atoms with E-state index in [0.29, 0.717) is 24.3 Å². The van der Waals surface area contributed by atoms with Crippen LogP contribution in [0.2, 0.25) is 0 Å². The molecule has 1 aromatic carbocycles. The summed E-state index contributed by atoms with van der Waals surface area (Å²) in [6, 6.07) is 11.0. The van der Waals surface area contributed by atoms with Crippen molar-refractivity contribution < 1.29 is 4.52 Å². The van der Waals surface area contributed by atoms with Crippen molar-refractivity contribution in [2.45, 2.75) is 52.1 Å². The van der Waals surface area contributed by atoms with Gasteiger partial charge < -0.3 is 9.84 Å². The molecule has 0 saturated carbocycles. The normalized spacial score (nSPS) is 13.4. The van der Waals surface area contributed by atoms with Crippen molar-refractivity contribution in [3.05, 3.63) is 47.6 Å². The fourth-order valence-electron chi connectivity index (χ4n) is 2.52. The quantitative estimate of drug-likeness (QED) is 0.878. The molecule has 0 aliphatic rings. The lowest BCUT2D eigenvalue weighted by Crippen LogP contribution is -2.33. The second-order valence-electron chi connectivity index (χ2n) is 5.97. The van der Waals surface area contributed by atoms with Crippen LogP contribution < -0.4 is 5.32 Å². The van der Waals surface area contributed by atoms with Crippen molar-refractivity contribution in [1.82, 2.24) is 15.5 Å². The second kappa shape index (κ2) is 6.18.